The Labute approximate surface area is 154 Å². The first-order chi connectivity index (χ1) is 12.7. The molecule has 26 heavy (non-hydrogen) atoms. The lowest BCUT2D eigenvalue weighted by Crippen LogP contribution is -2.32. The molecule has 1 amide bonds. The normalized spacial score (nSPS) is 14.7. The third-order valence-corrected chi connectivity index (χ3v) is 4.57. The van der Waals surface area contributed by atoms with Crippen molar-refractivity contribution < 1.29 is 4.79 Å². The van der Waals surface area contributed by atoms with Gasteiger partial charge in [-0.05, 0) is 49.1 Å². The maximum absolute atomic E-state index is 12.0. The molecule has 1 aromatic heterocycles. The van der Waals surface area contributed by atoms with Crippen molar-refractivity contribution in [2.24, 2.45) is 5.92 Å². The van der Waals surface area contributed by atoms with E-state index in [0.29, 0.717) is 18.2 Å². The number of amides is 1. The molecule has 3 rings (SSSR count). The van der Waals surface area contributed by atoms with E-state index in [4.69, 9.17) is 0 Å². The zero-order chi connectivity index (χ0) is 18.4. The van der Waals surface area contributed by atoms with Crippen molar-refractivity contribution in [2.45, 2.75) is 19.8 Å². The molecule has 0 unspecified atom stereocenters. The van der Waals surface area contributed by atoms with Gasteiger partial charge in [0, 0.05) is 37.2 Å². The predicted octanol–water partition coefficient (Wildman–Crippen LogP) is 3.37. The van der Waals surface area contributed by atoms with Crippen LogP contribution in [-0.4, -0.2) is 35.5 Å². The first kappa shape index (κ1) is 17.9. The second-order valence-electron chi connectivity index (χ2n) is 6.61. The van der Waals surface area contributed by atoms with Gasteiger partial charge in [-0.2, -0.15) is 0 Å². The molecule has 6 nitrogen and oxygen atoms in total. The Kier molecular flexibility index (Phi) is 5.84. The summed E-state index contributed by atoms with van der Waals surface area (Å²) in [4.78, 5) is 22.8. The molecule has 1 aromatic carbocycles. The lowest BCUT2D eigenvalue weighted by molar-refractivity contribution is 0.0953. The second kappa shape index (κ2) is 8.47. The van der Waals surface area contributed by atoms with E-state index in [1.807, 2.05) is 12.1 Å². The van der Waals surface area contributed by atoms with Gasteiger partial charge in [-0.15, -0.1) is 6.58 Å². The van der Waals surface area contributed by atoms with Crippen LogP contribution < -0.4 is 15.5 Å². The summed E-state index contributed by atoms with van der Waals surface area (Å²) in [5, 5.41) is 5.86. The molecule has 2 aromatic rings. The van der Waals surface area contributed by atoms with E-state index in [0.717, 1.165) is 24.7 Å². The molecule has 136 valence electrons. The lowest BCUT2D eigenvalue weighted by Gasteiger charge is -2.32. The highest BCUT2D eigenvalue weighted by Gasteiger charge is 2.16. The number of rotatable bonds is 6. The summed E-state index contributed by atoms with van der Waals surface area (Å²) in [6.45, 7) is 8.52. The summed E-state index contributed by atoms with van der Waals surface area (Å²) in [6.07, 6.45) is 5.69. The van der Waals surface area contributed by atoms with E-state index in [1.165, 1.54) is 18.5 Å². The molecule has 2 N–H and O–H groups in total. The molecule has 0 spiro atoms. The Morgan fingerprint density at radius 2 is 2.00 bits per heavy atom. The summed E-state index contributed by atoms with van der Waals surface area (Å²) in [5.41, 5.74) is 2.45. The Morgan fingerprint density at radius 1 is 1.27 bits per heavy atom. The number of nitrogens with one attached hydrogen (secondary N) is 2. The molecule has 0 aliphatic carbocycles. The molecule has 1 aliphatic heterocycles. The number of hydrogen-bond donors (Lipinski definition) is 2. The van der Waals surface area contributed by atoms with Crippen molar-refractivity contribution in [3.63, 3.8) is 0 Å². The number of carbonyl (C=O) groups excluding carboxylic acids is 1. The van der Waals surface area contributed by atoms with Crippen LogP contribution in [0, 0.1) is 5.92 Å². The Morgan fingerprint density at radius 3 is 2.69 bits per heavy atom. The molecular formula is C20H25N5O. The number of anilines is 3. The van der Waals surface area contributed by atoms with E-state index in [-0.39, 0.29) is 5.91 Å². The van der Waals surface area contributed by atoms with Crippen molar-refractivity contribution in [3.05, 3.63) is 54.9 Å². The van der Waals surface area contributed by atoms with Gasteiger partial charge in [0.2, 0.25) is 5.95 Å². The quantitative estimate of drug-likeness (QED) is 0.781. The Hall–Kier alpha value is -2.89. The van der Waals surface area contributed by atoms with Crippen LogP contribution in [0.5, 0.6) is 0 Å². The van der Waals surface area contributed by atoms with Gasteiger partial charge in [0.15, 0.2) is 0 Å². The minimum atomic E-state index is -0.245. The average Bonchev–Trinajstić information content (AvgIpc) is 2.67. The fourth-order valence-corrected chi connectivity index (χ4v) is 2.95. The van der Waals surface area contributed by atoms with Crippen molar-refractivity contribution in [1.29, 1.82) is 0 Å². The molecule has 1 fully saturated rings. The molecule has 0 saturated carbocycles. The number of piperidine rings is 1. The number of hydrogen-bond acceptors (Lipinski definition) is 5. The van der Waals surface area contributed by atoms with Crippen LogP contribution in [-0.2, 0) is 0 Å². The summed E-state index contributed by atoms with van der Waals surface area (Å²) in [7, 11) is 0. The number of nitrogens with zero attached hydrogens (tertiary/aromatic N) is 3. The fourth-order valence-electron chi connectivity index (χ4n) is 2.95. The van der Waals surface area contributed by atoms with Gasteiger partial charge < -0.3 is 15.5 Å². The lowest BCUT2D eigenvalue weighted by atomic mass is 9.99. The highest BCUT2D eigenvalue weighted by molar-refractivity contribution is 5.92. The molecule has 1 saturated heterocycles. The fraction of sp³-hybridized carbons (Fsp3) is 0.350. The SMILES string of the molecule is C=CCNC(=O)c1ccnc(Nc2ccc(N3CCC(C)CC3)cc2)n1. The number of carbonyl (C=O) groups is 1. The molecule has 6 heteroatoms. The molecule has 2 heterocycles. The Balaban J connectivity index is 1.64. The number of aromatic nitrogens is 2. The maximum atomic E-state index is 12.0. The van der Waals surface area contributed by atoms with Gasteiger partial charge >= 0.3 is 0 Å². The van der Waals surface area contributed by atoms with E-state index in [1.54, 1.807) is 18.3 Å². The summed E-state index contributed by atoms with van der Waals surface area (Å²) >= 11 is 0. The molecule has 1 aliphatic rings. The van der Waals surface area contributed by atoms with Crippen molar-refractivity contribution in [1.82, 2.24) is 15.3 Å². The first-order valence-electron chi connectivity index (χ1n) is 9.00. The maximum Gasteiger partial charge on any atom is 0.270 e. The topological polar surface area (TPSA) is 70.2 Å². The standard InChI is InChI=1S/C20H25N5O/c1-3-11-21-19(26)18-8-12-22-20(24-18)23-16-4-6-17(7-5-16)25-13-9-15(2)10-14-25/h3-8,12,15H,1,9-11,13-14H2,2H3,(H,21,26)(H,22,23,24). The zero-order valence-electron chi connectivity index (χ0n) is 15.1. The summed E-state index contributed by atoms with van der Waals surface area (Å²) < 4.78 is 0. The zero-order valence-corrected chi connectivity index (χ0v) is 15.1. The van der Waals surface area contributed by atoms with Crippen LogP contribution >= 0.6 is 0 Å². The monoisotopic (exact) mass is 351 g/mol. The minimum absolute atomic E-state index is 0.245. The van der Waals surface area contributed by atoms with E-state index in [9.17, 15) is 4.79 Å². The van der Waals surface area contributed by atoms with E-state index >= 15 is 0 Å². The van der Waals surface area contributed by atoms with Crippen LogP contribution in [0.1, 0.15) is 30.3 Å². The summed E-state index contributed by atoms with van der Waals surface area (Å²) in [6, 6.07) is 9.84. The van der Waals surface area contributed by atoms with Crippen molar-refractivity contribution in [2.75, 3.05) is 29.9 Å². The van der Waals surface area contributed by atoms with Crippen LogP contribution in [0.25, 0.3) is 0 Å². The van der Waals surface area contributed by atoms with Gasteiger partial charge in [-0.1, -0.05) is 13.0 Å². The van der Waals surface area contributed by atoms with Crippen LogP contribution in [0.2, 0.25) is 0 Å². The van der Waals surface area contributed by atoms with Crippen LogP contribution in [0.15, 0.2) is 49.2 Å². The van der Waals surface area contributed by atoms with E-state index in [2.05, 4.69) is 51.1 Å². The average molecular weight is 351 g/mol. The minimum Gasteiger partial charge on any atom is -0.372 e. The van der Waals surface area contributed by atoms with Crippen molar-refractivity contribution in [3.8, 4) is 0 Å². The van der Waals surface area contributed by atoms with Gasteiger partial charge in [-0.25, -0.2) is 9.97 Å². The first-order valence-corrected chi connectivity index (χ1v) is 9.00. The van der Waals surface area contributed by atoms with Gasteiger partial charge in [0.05, 0.1) is 0 Å². The highest BCUT2D eigenvalue weighted by atomic mass is 16.1. The largest absolute Gasteiger partial charge is 0.372 e. The van der Waals surface area contributed by atoms with Crippen LogP contribution in [0.4, 0.5) is 17.3 Å². The highest BCUT2D eigenvalue weighted by Crippen LogP contribution is 2.24. The molecule has 0 radical (unpaired) electrons. The second-order valence-corrected chi connectivity index (χ2v) is 6.61. The van der Waals surface area contributed by atoms with Crippen LogP contribution in [0.3, 0.4) is 0 Å². The third kappa shape index (κ3) is 4.59. The predicted molar refractivity (Wildman–Crippen MR) is 105 cm³/mol. The van der Waals surface area contributed by atoms with Gasteiger partial charge in [0.25, 0.3) is 5.91 Å². The van der Waals surface area contributed by atoms with E-state index < -0.39 is 0 Å². The van der Waals surface area contributed by atoms with Crippen molar-refractivity contribution >= 4 is 23.2 Å². The molecular weight excluding hydrogens is 326 g/mol. The van der Waals surface area contributed by atoms with Gasteiger partial charge in [0.1, 0.15) is 5.69 Å². The smallest absolute Gasteiger partial charge is 0.270 e. The molecule has 0 bridgehead atoms. The van der Waals surface area contributed by atoms with Gasteiger partial charge in [-0.3, -0.25) is 4.79 Å². The Bertz CT molecular complexity index is 751. The summed E-state index contributed by atoms with van der Waals surface area (Å²) in [5.74, 6) is 0.973. The molecule has 0 atom stereocenters. The number of benzene rings is 1. The third-order valence-electron chi connectivity index (χ3n) is 4.57.